The number of aromatic nitrogens is 5. The molecule has 1 aliphatic carbocycles. The summed E-state index contributed by atoms with van der Waals surface area (Å²) in [6, 6.07) is 17.9. The third-order valence-electron chi connectivity index (χ3n) is 11.8. The normalized spacial score (nSPS) is 20.5. The van der Waals surface area contributed by atoms with Gasteiger partial charge in [0.05, 0.1) is 29.7 Å². The Hall–Kier alpha value is -6.75. The van der Waals surface area contributed by atoms with Crippen molar-refractivity contribution in [1.29, 1.82) is 0 Å². The molecule has 308 valence electrons. The molecular weight excluding hydrogens is 767 g/mol. The highest BCUT2D eigenvalue weighted by molar-refractivity contribution is 6.25. The predicted octanol–water partition coefficient (Wildman–Crippen LogP) is 3.27. The van der Waals surface area contributed by atoms with Crippen molar-refractivity contribution < 1.29 is 28.7 Å². The number of carbonyl (C=O) groups is 5. The van der Waals surface area contributed by atoms with Crippen LogP contribution >= 0.6 is 0 Å². The van der Waals surface area contributed by atoms with E-state index in [0.717, 1.165) is 66.5 Å². The van der Waals surface area contributed by atoms with E-state index < -0.39 is 29.7 Å². The summed E-state index contributed by atoms with van der Waals surface area (Å²) in [5, 5.41) is 8.74. The second kappa shape index (κ2) is 16.5. The van der Waals surface area contributed by atoms with Crippen LogP contribution in [0.25, 0.3) is 11.2 Å². The Morgan fingerprint density at radius 1 is 0.917 bits per heavy atom. The molecule has 17 heteroatoms. The van der Waals surface area contributed by atoms with Gasteiger partial charge in [-0.25, -0.2) is 19.9 Å². The average Bonchev–Trinajstić information content (AvgIpc) is 3.78. The molecule has 5 amide bonds. The lowest BCUT2D eigenvalue weighted by Crippen LogP contribution is -2.54. The van der Waals surface area contributed by atoms with Gasteiger partial charge in [0.1, 0.15) is 29.3 Å². The largest absolute Gasteiger partial charge is 0.494 e. The first kappa shape index (κ1) is 38.8. The van der Waals surface area contributed by atoms with Gasteiger partial charge in [-0.05, 0) is 74.6 Å². The van der Waals surface area contributed by atoms with E-state index in [0.29, 0.717) is 60.1 Å². The first-order valence-electron chi connectivity index (χ1n) is 20.4. The Bertz CT molecular complexity index is 2480. The van der Waals surface area contributed by atoms with E-state index in [-0.39, 0.29) is 30.8 Å². The molecule has 1 unspecified atom stereocenters. The Kier molecular flexibility index (Phi) is 10.6. The van der Waals surface area contributed by atoms with Crippen LogP contribution in [0, 0.1) is 6.92 Å². The number of carbonyl (C=O) groups excluding carboxylic acids is 5. The number of piperidine rings is 1. The number of piperazine rings is 1. The molecule has 0 radical (unpaired) electrons. The summed E-state index contributed by atoms with van der Waals surface area (Å²) < 4.78 is 8.13. The molecule has 3 aliphatic heterocycles. The fourth-order valence-corrected chi connectivity index (χ4v) is 8.45. The highest BCUT2D eigenvalue weighted by Gasteiger charge is 2.46. The Morgan fingerprint density at radius 3 is 2.50 bits per heavy atom. The SMILES string of the molecule is Cc1cccc(C(=O)NC2CC(n3cnc4c(NCc5ccc(OCCCN6CCN(c7cccc8c7C(=O)N(C7CCC(=O)NC7=O)C8=O)CC6)cc5)ncnc43)C2)n1. The Balaban J connectivity index is 0.707. The maximum absolute atomic E-state index is 13.6. The third-order valence-corrected chi connectivity index (χ3v) is 11.8. The molecule has 6 heterocycles. The fourth-order valence-electron chi connectivity index (χ4n) is 8.45. The Morgan fingerprint density at radius 2 is 1.72 bits per heavy atom. The van der Waals surface area contributed by atoms with Crippen LogP contribution in [0.4, 0.5) is 11.5 Å². The second-order valence-corrected chi connectivity index (χ2v) is 15.7. The summed E-state index contributed by atoms with van der Waals surface area (Å²) in [6.45, 7) is 6.79. The molecule has 3 fully saturated rings. The van der Waals surface area contributed by atoms with Crippen LogP contribution in [0.2, 0.25) is 0 Å². The molecular formula is C43H45N11O6. The van der Waals surface area contributed by atoms with Gasteiger partial charge < -0.3 is 24.8 Å². The van der Waals surface area contributed by atoms with Gasteiger partial charge in [0.15, 0.2) is 11.5 Å². The molecule has 3 aromatic heterocycles. The number of benzene rings is 2. The van der Waals surface area contributed by atoms with Gasteiger partial charge in [-0.3, -0.25) is 39.1 Å². The van der Waals surface area contributed by atoms with E-state index in [9.17, 15) is 24.0 Å². The standard InChI is InChI=1S/C43H45N11O6/c1-26-5-2-7-32(48-26)40(56)49-28-21-29(22-28)53-25-47-37-38(45-24-46-39(37)53)44-23-27-9-11-30(12-10-27)60-20-4-15-51-16-18-52(19-17-51)33-8-3-6-31-36(33)43(59)54(42(31)58)34-13-14-35(55)50-41(34)57/h2-3,5-12,24-25,28-29,34H,4,13-23H2,1H3,(H,49,56)(H,44,45,46)(H,50,55,57). The zero-order chi connectivity index (χ0) is 41.3. The van der Waals surface area contributed by atoms with Crippen LogP contribution in [0.3, 0.4) is 0 Å². The number of rotatable bonds is 13. The molecule has 60 heavy (non-hydrogen) atoms. The summed E-state index contributed by atoms with van der Waals surface area (Å²) in [5.74, 6) is -0.703. The van der Waals surface area contributed by atoms with Gasteiger partial charge in [0.2, 0.25) is 11.8 Å². The van der Waals surface area contributed by atoms with Gasteiger partial charge >= 0.3 is 0 Å². The molecule has 1 atom stereocenters. The van der Waals surface area contributed by atoms with E-state index in [1.165, 1.54) is 0 Å². The first-order valence-corrected chi connectivity index (χ1v) is 20.4. The minimum Gasteiger partial charge on any atom is -0.494 e. The van der Waals surface area contributed by atoms with Crippen LogP contribution in [0.15, 0.2) is 73.3 Å². The van der Waals surface area contributed by atoms with E-state index in [2.05, 4.69) is 50.3 Å². The quantitative estimate of drug-likeness (QED) is 0.116. The second-order valence-electron chi connectivity index (χ2n) is 15.7. The fraction of sp³-hybridized carbons (Fsp3) is 0.372. The number of aryl methyl sites for hydroxylation is 1. The van der Waals surface area contributed by atoms with Gasteiger partial charge in [-0.15, -0.1) is 0 Å². The van der Waals surface area contributed by atoms with Crippen molar-refractivity contribution in [2.24, 2.45) is 0 Å². The van der Waals surface area contributed by atoms with Crippen molar-refractivity contribution >= 4 is 52.2 Å². The zero-order valence-electron chi connectivity index (χ0n) is 33.2. The van der Waals surface area contributed by atoms with Crippen molar-refractivity contribution in [1.82, 2.24) is 44.9 Å². The number of fused-ring (bicyclic) bond motifs is 2. The molecule has 5 aromatic rings. The van der Waals surface area contributed by atoms with Crippen LogP contribution in [0.5, 0.6) is 5.75 Å². The number of hydrogen-bond acceptors (Lipinski definition) is 13. The van der Waals surface area contributed by atoms with E-state index in [1.54, 1.807) is 30.9 Å². The van der Waals surface area contributed by atoms with Crippen molar-refractivity contribution in [3.8, 4) is 5.75 Å². The monoisotopic (exact) mass is 811 g/mol. The highest BCUT2D eigenvalue weighted by atomic mass is 16.5. The minimum absolute atomic E-state index is 0.0625. The lowest BCUT2D eigenvalue weighted by atomic mass is 9.86. The van der Waals surface area contributed by atoms with Gasteiger partial charge in [0, 0.05) is 63.5 Å². The number of hydrogen-bond donors (Lipinski definition) is 3. The smallest absolute Gasteiger partial charge is 0.270 e. The zero-order valence-corrected chi connectivity index (χ0v) is 33.2. The maximum atomic E-state index is 13.6. The van der Waals surface area contributed by atoms with Crippen LogP contribution in [-0.4, -0.2) is 115 Å². The van der Waals surface area contributed by atoms with E-state index >= 15 is 0 Å². The number of ether oxygens (including phenoxy) is 1. The first-order chi connectivity index (χ1) is 29.2. The van der Waals surface area contributed by atoms with Crippen LogP contribution in [0.1, 0.15) is 80.6 Å². The molecule has 2 saturated heterocycles. The van der Waals surface area contributed by atoms with E-state index in [4.69, 9.17) is 4.74 Å². The molecule has 0 bridgehead atoms. The number of amides is 5. The topological polar surface area (TPSA) is 197 Å². The number of imidazole rings is 1. The number of nitrogens with one attached hydrogen (secondary N) is 3. The maximum Gasteiger partial charge on any atom is 0.270 e. The average molecular weight is 812 g/mol. The third kappa shape index (κ3) is 7.75. The summed E-state index contributed by atoms with van der Waals surface area (Å²) in [6.07, 6.45) is 5.95. The van der Waals surface area contributed by atoms with Gasteiger partial charge in [-0.1, -0.05) is 24.3 Å². The molecule has 1 saturated carbocycles. The molecule has 17 nitrogen and oxygen atoms in total. The number of nitrogens with zero attached hydrogens (tertiary/aromatic N) is 8. The van der Waals surface area contributed by atoms with Crippen molar-refractivity contribution in [2.45, 2.75) is 63.7 Å². The summed E-state index contributed by atoms with van der Waals surface area (Å²) >= 11 is 0. The molecule has 9 rings (SSSR count). The van der Waals surface area contributed by atoms with Crippen molar-refractivity contribution in [3.63, 3.8) is 0 Å². The lowest BCUT2D eigenvalue weighted by Gasteiger charge is -2.36. The minimum atomic E-state index is -0.989. The Labute approximate surface area is 345 Å². The van der Waals surface area contributed by atoms with Crippen molar-refractivity contribution in [3.05, 3.63) is 101 Å². The van der Waals surface area contributed by atoms with Gasteiger partial charge in [-0.2, -0.15) is 0 Å². The summed E-state index contributed by atoms with van der Waals surface area (Å²) in [5.41, 5.74) is 5.07. The molecule has 3 N–H and O–H groups in total. The number of imide groups is 2. The van der Waals surface area contributed by atoms with Crippen molar-refractivity contribution in [2.75, 3.05) is 49.5 Å². The number of anilines is 2. The predicted molar refractivity (Wildman–Crippen MR) is 219 cm³/mol. The lowest BCUT2D eigenvalue weighted by molar-refractivity contribution is -0.136. The molecule has 0 spiro atoms. The molecule has 4 aliphatic rings. The summed E-state index contributed by atoms with van der Waals surface area (Å²) in [4.78, 5) is 87.1. The van der Waals surface area contributed by atoms with Crippen LogP contribution < -0.4 is 25.6 Å². The van der Waals surface area contributed by atoms with Gasteiger partial charge in [0.25, 0.3) is 17.7 Å². The van der Waals surface area contributed by atoms with Crippen LogP contribution in [-0.2, 0) is 16.1 Å². The molecule has 2 aromatic carbocycles. The highest BCUT2D eigenvalue weighted by Crippen LogP contribution is 2.36. The summed E-state index contributed by atoms with van der Waals surface area (Å²) in [7, 11) is 0. The number of pyridine rings is 1. The van der Waals surface area contributed by atoms with E-state index in [1.807, 2.05) is 49.4 Å².